The highest BCUT2D eigenvalue weighted by atomic mass is 79.9. The number of carbonyl (C=O) groups is 1. The molecule has 1 fully saturated rings. The maximum Gasteiger partial charge on any atom is 0.312 e. The van der Waals surface area contributed by atoms with Gasteiger partial charge in [0.05, 0.1) is 17.0 Å². The topological polar surface area (TPSA) is 26.3 Å². The normalized spacial score (nSPS) is 26.7. The van der Waals surface area contributed by atoms with Crippen molar-refractivity contribution in [3.8, 4) is 0 Å². The molecule has 1 saturated carbocycles. The van der Waals surface area contributed by atoms with Crippen molar-refractivity contribution in [2.24, 2.45) is 5.92 Å². The predicted octanol–water partition coefficient (Wildman–Crippen LogP) is 3.34. The molecule has 0 spiro atoms. The second-order valence-electron chi connectivity index (χ2n) is 4.00. The Morgan fingerprint density at radius 2 is 2.35 bits per heavy atom. The van der Waals surface area contributed by atoms with E-state index in [0.29, 0.717) is 0 Å². The molecule has 1 aliphatic rings. The molecule has 0 heterocycles. The zero-order valence-electron chi connectivity index (χ0n) is 9.17. The highest BCUT2D eigenvalue weighted by molar-refractivity contribution is 9.10. The Morgan fingerprint density at radius 3 is 2.94 bits per heavy atom. The Balaban J connectivity index is 2.19. The molecule has 0 unspecified atom stereocenters. The lowest BCUT2D eigenvalue weighted by Gasteiger charge is -2.08. The van der Waals surface area contributed by atoms with Crippen LogP contribution >= 0.6 is 15.9 Å². The second kappa shape index (κ2) is 4.37. The van der Waals surface area contributed by atoms with Gasteiger partial charge in [-0.1, -0.05) is 6.07 Å². The Morgan fingerprint density at radius 1 is 1.65 bits per heavy atom. The molecule has 0 aliphatic heterocycles. The molecule has 1 aromatic rings. The average Bonchev–Trinajstić information content (AvgIpc) is 2.97. The van der Waals surface area contributed by atoms with Crippen LogP contribution in [0, 0.1) is 11.7 Å². The van der Waals surface area contributed by atoms with Crippen molar-refractivity contribution in [3.63, 3.8) is 0 Å². The molecule has 2 nitrogen and oxygen atoms in total. The molecular weight excluding hydrogens is 294 g/mol. The lowest BCUT2D eigenvalue weighted by molar-refractivity contribution is -0.145. The molecule has 0 amide bonds. The molecule has 0 aromatic heterocycles. The Kier molecular flexibility index (Phi) is 3.21. The summed E-state index contributed by atoms with van der Waals surface area (Å²) in [4.78, 5) is 11.4. The van der Waals surface area contributed by atoms with E-state index in [0.717, 1.165) is 6.07 Å². The smallest absolute Gasteiger partial charge is 0.312 e. The monoisotopic (exact) mass is 304 g/mol. The van der Waals surface area contributed by atoms with Gasteiger partial charge in [0.15, 0.2) is 0 Å². The van der Waals surface area contributed by atoms with Gasteiger partial charge in [0.2, 0.25) is 0 Å². The lowest BCUT2D eigenvalue weighted by Crippen LogP contribution is -2.13. The van der Waals surface area contributed by atoms with Crippen molar-refractivity contribution in [3.05, 3.63) is 34.1 Å². The summed E-state index contributed by atoms with van der Waals surface area (Å²) in [6, 6.07) is 4.03. The molecule has 2 atom stereocenters. The summed E-state index contributed by atoms with van der Waals surface area (Å²) in [7, 11) is 0. The number of benzene rings is 1. The Hall–Kier alpha value is -0.970. The van der Waals surface area contributed by atoms with Gasteiger partial charge in [-0.3, -0.25) is 4.79 Å². The van der Waals surface area contributed by atoms with Gasteiger partial charge in [0.25, 0.3) is 0 Å². The van der Waals surface area contributed by atoms with Crippen LogP contribution in [0.2, 0.25) is 0 Å². The van der Waals surface area contributed by atoms with Gasteiger partial charge in [-0.15, -0.1) is 0 Å². The van der Waals surface area contributed by atoms with E-state index >= 15 is 0 Å². The third-order valence-corrected chi connectivity index (χ3v) is 3.51. The van der Waals surface area contributed by atoms with E-state index in [1.54, 1.807) is 6.92 Å². The number of rotatable bonds is 3. The van der Waals surface area contributed by atoms with E-state index in [4.69, 9.17) is 4.74 Å². The van der Waals surface area contributed by atoms with E-state index in [2.05, 4.69) is 15.9 Å². The predicted molar refractivity (Wildman–Crippen MR) is 61.6 cm³/mol. The highest BCUT2D eigenvalue weighted by Gasteiger charge is 2.61. The van der Waals surface area contributed by atoms with E-state index in [1.807, 2.05) is 0 Å². The zero-order valence-corrected chi connectivity index (χ0v) is 10.8. The summed E-state index contributed by atoms with van der Waals surface area (Å²) < 4.78 is 32.6. The van der Waals surface area contributed by atoms with Crippen molar-refractivity contribution >= 4 is 21.9 Å². The first-order chi connectivity index (χ1) is 7.99. The maximum absolute atomic E-state index is 14.3. The fourth-order valence-electron chi connectivity index (χ4n) is 1.82. The first kappa shape index (κ1) is 12.5. The molecule has 0 N–H and O–H groups in total. The van der Waals surface area contributed by atoms with E-state index < -0.39 is 23.4 Å². The van der Waals surface area contributed by atoms with Gasteiger partial charge in [0, 0.05) is 6.42 Å². The van der Waals surface area contributed by atoms with Crippen molar-refractivity contribution in [2.75, 3.05) is 6.61 Å². The number of hydrogen-bond donors (Lipinski definition) is 0. The summed E-state index contributed by atoms with van der Waals surface area (Å²) >= 11 is 3.00. The zero-order chi connectivity index (χ0) is 12.6. The average molecular weight is 305 g/mol. The molecule has 1 aliphatic carbocycles. The van der Waals surface area contributed by atoms with Crippen molar-refractivity contribution < 1.29 is 18.3 Å². The summed E-state index contributed by atoms with van der Waals surface area (Å²) in [5.74, 6) is -1.89. The van der Waals surface area contributed by atoms with E-state index in [9.17, 15) is 13.6 Å². The minimum Gasteiger partial charge on any atom is -0.466 e. The fourth-order valence-corrected chi connectivity index (χ4v) is 2.07. The molecule has 5 heteroatoms. The highest BCUT2D eigenvalue weighted by Crippen LogP contribution is 2.56. The van der Waals surface area contributed by atoms with Crippen LogP contribution in [-0.2, 0) is 15.2 Å². The molecule has 0 bridgehead atoms. The Bertz CT molecular complexity index is 464. The third-order valence-electron chi connectivity index (χ3n) is 2.86. The summed E-state index contributed by atoms with van der Waals surface area (Å²) in [5.41, 5.74) is -1.58. The minimum atomic E-state index is -1.77. The molecular formula is C12H11BrF2O2. The van der Waals surface area contributed by atoms with Crippen LogP contribution in [0.4, 0.5) is 8.78 Å². The van der Waals surface area contributed by atoms with Gasteiger partial charge in [0.1, 0.15) is 11.5 Å². The van der Waals surface area contributed by atoms with Crippen LogP contribution in [0.5, 0.6) is 0 Å². The van der Waals surface area contributed by atoms with Crippen LogP contribution in [0.3, 0.4) is 0 Å². The van der Waals surface area contributed by atoms with Crippen LogP contribution < -0.4 is 0 Å². The summed E-state index contributed by atoms with van der Waals surface area (Å²) in [5, 5.41) is 0. The van der Waals surface area contributed by atoms with Gasteiger partial charge in [-0.2, -0.15) is 0 Å². The third kappa shape index (κ3) is 2.20. The molecule has 0 saturated heterocycles. The van der Waals surface area contributed by atoms with E-state index in [-0.39, 0.29) is 23.1 Å². The number of carbonyl (C=O) groups excluding carboxylic acids is 1. The minimum absolute atomic E-state index is 0.0624. The van der Waals surface area contributed by atoms with Gasteiger partial charge < -0.3 is 4.74 Å². The van der Waals surface area contributed by atoms with Crippen LogP contribution in [-0.4, -0.2) is 12.6 Å². The summed E-state index contributed by atoms with van der Waals surface area (Å²) in [6.45, 7) is 1.89. The van der Waals surface area contributed by atoms with Crippen molar-refractivity contribution in [1.82, 2.24) is 0 Å². The van der Waals surface area contributed by atoms with Crippen LogP contribution in [0.15, 0.2) is 22.7 Å². The number of ether oxygens (including phenoxy) is 1. The van der Waals surface area contributed by atoms with Crippen molar-refractivity contribution in [2.45, 2.75) is 19.0 Å². The first-order valence-electron chi connectivity index (χ1n) is 5.30. The van der Waals surface area contributed by atoms with Gasteiger partial charge >= 0.3 is 5.97 Å². The molecule has 1 aromatic carbocycles. The lowest BCUT2D eigenvalue weighted by atomic mass is 10.1. The molecule has 2 rings (SSSR count). The number of esters is 1. The largest absolute Gasteiger partial charge is 0.466 e. The molecule has 17 heavy (non-hydrogen) atoms. The van der Waals surface area contributed by atoms with E-state index in [1.165, 1.54) is 12.1 Å². The quantitative estimate of drug-likeness (QED) is 0.801. The molecule has 0 radical (unpaired) electrons. The summed E-state index contributed by atoms with van der Waals surface area (Å²) in [6.07, 6.45) is 0.0624. The van der Waals surface area contributed by atoms with Crippen LogP contribution in [0.25, 0.3) is 0 Å². The standard InChI is InChI=1S/C12H11BrF2O2/c1-2-17-11(16)8-6-12(8,15)7-3-4-9(13)10(14)5-7/h3-5,8H,2,6H2,1H3/t8-,12-/m0/s1. The second-order valence-corrected chi connectivity index (χ2v) is 4.85. The van der Waals surface area contributed by atoms with Gasteiger partial charge in [-0.25, -0.2) is 8.78 Å². The number of halogens is 3. The number of hydrogen-bond acceptors (Lipinski definition) is 2. The Labute approximate surface area is 106 Å². The first-order valence-corrected chi connectivity index (χ1v) is 6.09. The maximum atomic E-state index is 14.3. The fraction of sp³-hybridized carbons (Fsp3) is 0.417. The number of alkyl halides is 1. The molecule has 92 valence electrons. The van der Waals surface area contributed by atoms with Crippen LogP contribution in [0.1, 0.15) is 18.9 Å². The van der Waals surface area contributed by atoms with Gasteiger partial charge in [-0.05, 0) is 40.5 Å². The van der Waals surface area contributed by atoms with Crippen molar-refractivity contribution in [1.29, 1.82) is 0 Å². The SMILES string of the molecule is CCOC(=O)[C@@H]1C[C@]1(F)c1ccc(Br)c(F)c1.